The van der Waals surface area contributed by atoms with Crippen molar-refractivity contribution in [1.82, 2.24) is 19.7 Å². The number of aromatic nitrogens is 3. The Hall–Kier alpha value is -1.69. The Morgan fingerprint density at radius 2 is 2.30 bits per heavy atom. The summed E-state index contributed by atoms with van der Waals surface area (Å²) < 4.78 is 2.00. The van der Waals surface area contributed by atoms with E-state index >= 15 is 0 Å². The molecule has 0 spiro atoms. The van der Waals surface area contributed by atoms with E-state index in [9.17, 15) is 4.79 Å². The normalized spacial score (nSPS) is 23.2. The van der Waals surface area contributed by atoms with Crippen LogP contribution in [0, 0.1) is 6.92 Å². The first-order valence-corrected chi connectivity index (χ1v) is 7.25. The monoisotopic (exact) mass is 275 g/mol. The second-order valence-electron chi connectivity index (χ2n) is 5.71. The second kappa shape index (κ2) is 5.36. The molecular formula is C14H21N5O. The molecule has 2 aliphatic rings. The minimum atomic E-state index is -0.264. The minimum absolute atomic E-state index is 0.264. The van der Waals surface area contributed by atoms with Gasteiger partial charge in [0.15, 0.2) is 0 Å². The van der Waals surface area contributed by atoms with Crippen molar-refractivity contribution in [2.24, 2.45) is 5.73 Å². The van der Waals surface area contributed by atoms with Crippen LogP contribution in [0.2, 0.25) is 0 Å². The fourth-order valence-corrected chi connectivity index (χ4v) is 3.10. The van der Waals surface area contributed by atoms with Crippen molar-refractivity contribution in [3.63, 3.8) is 0 Å². The lowest BCUT2D eigenvalue weighted by Gasteiger charge is -2.35. The molecule has 0 bridgehead atoms. The summed E-state index contributed by atoms with van der Waals surface area (Å²) in [5, 5.41) is 8.29. The van der Waals surface area contributed by atoms with Crippen molar-refractivity contribution < 1.29 is 4.79 Å². The first-order chi connectivity index (χ1) is 9.65. The van der Waals surface area contributed by atoms with Crippen LogP contribution in [0.4, 0.5) is 0 Å². The maximum Gasteiger partial charge on any atom is 0.236 e. The molecule has 2 N–H and O–H groups in total. The summed E-state index contributed by atoms with van der Waals surface area (Å²) in [5.41, 5.74) is 7.01. The molecule has 0 saturated heterocycles. The van der Waals surface area contributed by atoms with E-state index in [1.807, 2.05) is 11.5 Å². The van der Waals surface area contributed by atoms with E-state index in [0.29, 0.717) is 13.1 Å². The Kier molecular flexibility index (Phi) is 3.56. The molecule has 1 amide bonds. The molecule has 20 heavy (non-hydrogen) atoms. The van der Waals surface area contributed by atoms with E-state index < -0.39 is 0 Å². The highest BCUT2D eigenvalue weighted by atomic mass is 16.1. The van der Waals surface area contributed by atoms with Crippen molar-refractivity contribution in [1.29, 1.82) is 0 Å². The zero-order chi connectivity index (χ0) is 14.1. The first kappa shape index (κ1) is 13.3. The number of rotatable bonds is 3. The number of carbonyl (C=O) groups is 1. The fourth-order valence-electron chi connectivity index (χ4n) is 3.10. The highest BCUT2D eigenvalue weighted by Crippen LogP contribution is 2.23. The third-order valence-corrected chi connectivity index (χ3v) is 4.27. The molecule has 1 unspecified atom stereocenters. The van der Waals surface area contributed by atoms with Crippen molar-refractivity contribution in [3.8, 4) is 0 Å². The Labute approximate surface area is 118 Å². The molecule has 0 radical (unpaired) electrons. The Morgan fingerprint density at radius 3 is 3.00 bits per heavy atom. The van der Waals surface area contributed by atoms with Crippen LogP contribution in [-0.2, 0) is 17.9 Å². The number of fused-ring (bicyclic) bond motifs is 1. The van der Waals surface area contributed by atoms with Crippen molar-refractivity contribution in [3.05, 3.63) is 23.3 Å². The number of allylic oxidation sites excluding steroid dienone is 1. The van der Waals surface area contributed by atoms with Crippen LogP contribution in [0.1, 0.15) is 37.3 Å². The topological polar surface area (TPSA) is 77.0 Å². The van der Waals surface area contributed by atoms with Crippen LogP contribution in [0.3, 0.4) is 0 Å². The molecule has 1 aromatic rings. The van der Waals surface area contributed by atoms with Crippen LogP contribution in [0.25, 0.3) is 0 Å². The lowest BCUT2D eigenvalue weighted by Crippen LogP contribution is -2.51. The number of aryl methyl sites for hydroxylation is 1. The van der Waals surface area contributed by atoms with Gasteiger partial charge in [-0.05, 0) is 32.6 Å². The number of primary amides is 1. The molecule has 0 saturated carbocycles. The average Bonchev–Trinajstić information content (AvgIpc) is 2.80. The van der Waals surface area contributed by atoms with E-state index in [4.69, 9.17) is 5.73 Å². The van der Waals surface area contributed by atoms with E-state index in [1.54, 1.807) is 0 Å². The van der Waals surface area contributed by atoms with Gasteiger partial charge in [0.05, 0.1) is 13.1 Å². The highest BCUT2D eigenvalue weighted by Gasteiger charge is 2.32. The summed E-state index contributed by atoms with van der Waals surface area (Å²) in [6, 6.07) is -0.264. The van der Waals surface area contributed by atoms with Gasteiger partial charge >= 0.3 is 0 Å². The quantitative estimate of drug-likeness (QED) is 0.826. The van der Waals surface area contributed by atoms with Crippen molar-refractivity contribution >= 4 is 5.91 Å². The zero-order valence-corrected chi connectivity index (χ0v) is 11.9. The Balaban J connectivity index is 1.81. The standard InChI is InChI=1S/C14H21N5O/c1-10-16-17-13-9-18(7-11-5-3-2-4-6-11)12(14(15)20)8-19(10)13/h5,12H,2-4,6-9H2,1H3,(H2,15,20). The van der Waals surface area contributed by atoms with E-state index in [-0.39, 0.29) is 11.9 Å². The zero-order valence-electron chi connectivity index (χ0n) is 11.9. The average molecular weight is 275 g/mol. The second-order valence-corrected chi connectivity index (χ2v) is 5.71. The summed E-state index contributed by atoms with van der Waals surface area (Å²) in [5.74, 6) is 1.51. The maximum absolute atomic E-state index is 11.8. The number of nitrogens with two attached hydrogens (primary N) is 1. The third kappa shape index (κ3) is 2.47. The maximum atomic E-state index is 11.8. The number of amides is 1. The van der Waals surface area contributed by atoms with Crippen LogP contribution >= 0.6 is 0 Å². The predicted molar refractivity (Wildman–Crippen MR) is 74.7 cm³/mol. The van der Waals surface area contributed by atoms with Crippen molar-refractivity contribution in [2.75, 3.05) is 6.54 Å². The number of hydrogen-bond acceptors (Lipinski definition) is 4. The van der Waals surface area contributed by atoms with Gasteiger partial charge in [-0.25, -0.2) is 0 Å². The SMILES string of the molecule is Cc1nnc2n1CC(C(N)=O)N(CC1=CCCCC1)C2. The lowest BCUT2D eigenvalue weighted by atomic mass is 9.98. The summed E-state index contributed by atoms with van der Waals surface area (Å²) in [6.07, 6.45) is 7.12. The first-order valence-electron chi connectivity index (χ1n) is 7.25. The van der Waals surface area contributed by atoms with Crippen LogP contribution in [-0.4, -0.2) is 38.2 Å². The molecule has 6 heteroatoms. The highest BCUT2D eigenvalue weighted by molar-refractivity contribution is 5.80. The van der Waals surface area contributed by atoms with Gasteiger partial charge in [0.1, 0.15) is 17.7 Å². The van der Waals surface area contributed by atoms with Gasteiger partial charge in [-0.15, -0.1) is 10.2 Å². The molecular weight excluding hydrogens is 254 g/mol. The molecule has 1 aliphatic heterocycles. The summed E-state index contributed by atoms with van der Waals surface area (Å²) >= 11 is 0. The summed E-state index contributed by atoms with van der Waals surface area (Å²) in [4.78, 5) is 13.9. The Bertz CT molecular complexity index is 548. The summed E-state index contributed by atoms with van der Waals surface area (Å²) in [7, 11) is 0. The van der Waals surface area contributed by atoms with E-state index in [2.05, 4.69) is 21.2 Å². The minimum Gasteiger partial charge on any atom is -0.368 e. The van der Waals surface area contributed by atoms with Gasteiger partial charge in [-0.3, -0.25) is 9.69 Å². The van der Waals surface area contributed by atoms with Crippen molar-refractivity contribution in [2.45, 2.75) is 51.7 Å². The Morgan fingerprint density at radius 1 is 1.45 bits per heavy atom. The summed E-state index contributed by atoms with van der Waals surface area (Å²) in [6.45, 7) is 3.94. The number of hydrogen-bond donors (Lipinski definition) is 1. The molecule has 6 nitrogen and oxygen atoms in total. The molecule has 2 heterocycles. The van der Waals surface area contributed by atoms with Gasteiger partial charge in [0, 0.05) is 6.54 Å². The van der Waals surface area contributed by atoms with Crippen LogP contribution in [0.5, 0.6) is 0 Å². The largest absolute Gasteiger partial charge is 0.368 e. The van der Waals surface area contributed by atoms with Crippen LogP contribution < -0.4 is 5.73 Å². The molecule has 3 rings (SSSR count). The predicted octanol–water partition coefficient (Wildman–Crippen LogP) is 0.756. The third-order valence-electron chi connectivity index (χ3n) is 4.27. The molecule has 0 aromatic carbocycles. The van der Waals surface area contributed by atoms with Gasteiger partial charge in [-0.2, -0.15) is 0 Å². The molecule has 0 fully saturated rings. The fraction of sp³-hybridized carbons (Fsp3) is 0.643. The molecule has 108 valence electrons. The van der Waals surface area contributed by atoms with Gasteiger partial charge in [0.25, 0.3) is 0 Å². The van der Waals surface area contributed by atoms with E-state index in [0.717, 1.165) is 31.0 Å². The number of carbonyl (C=O) groups excluding carboxylic acids is 1. The lowest BCUT2D eigenvalue weighted by molar-refractivity contribution is -0.124. The van der Waals surface area contributed by atoms with Crippen LogP contribution in [0.15, 0.2) is 11.6 Å². The smallest absolute Gasteiger partial charge is 0.236 e. The van der Waals surface area contributed by atoms with Gasteiger partial charge in [0.2, 0.25) is 5.91 Å². The van der Waals surface area contributed by atoms with Gasteiger partial charge < -0.3 is 10.3 Å². The molecule has 1 atom stereocenters. The van der Waals surface area contributed by atoms with E-state index in [1.165, 1.54) is 18.4 Å². The number of nitrogens with zero attached hydrogens (tertiary/aromatic N) is 4. The van der Waals surface area contributed by atoms with Gasteiger partial charge in [-0.1, -0.05) is 11.6 Å². The molecule has 1 aliphatic carbocycles. The molecule has 1 aromatic heterocycles.